The van der Waals surface area contributed by atoms with Crippen LogP contribution in [-0.4, -0.2) is 59.3 Å². The smallest absolute Gasteiger partial charge is 0.266 e. The molecular weight excluding hydrogens is 430 g/mol. The normalized spacial score (nSPS) is 18.7. The minimum atomic E-state index is -2.77. The fourth-order valence-electron chi connectivity index (χ4n) is 3.33. The first kappa shape index (κ1) is 22.8. The largest absolute Gasteiger partial charge is 0.361 e. The number of hydrogen-bond acceptors (Lipinski definition) is 5. The molecule has 1 saturated heterocycles. The van der Waals surface area contributed by atoms with Crippen molar-refractivity contribution in [2.45, 2.75) is 25.6 Å². The summed E-state index contributed by atoms with van der Waals surface area (Å²) >= 11 is 6.20. The summed E-state index contributed by atoms with van der Waals surface area (Å²) in [5.74, 6) is -0.752. The quantitative estimate of drug-likeness (QED) is 0.558. The molecule has 2 amide bonds. The maximum Gasteiger partial charge on any atom is 0.266 e. The first-order valence-corrected chi connectivity index (χ1v) is 9.83. The van der Waals surface area contributed by atoms with Crippen LogP contribution in [-0.2, 0) is 9.53 Å². The molecule has 0 aromatic carbocycles. The SMILES string of the molecule is C=CC(=O)N1C[C@H](c2cc(Cl)nc(-c3cc(C(=O)NC)cc(C)n3)c2)O[C@@H](C(F)F)C1. The van der Waals surface area contributed by atoms with Crippen LogP contribution in [0.15, 0.2) is 36.9 Å². The fraction of sp³-hybridized carbons (Fsp3) is 0.333. The molecule has 0 saturated carbocycles. The Morgan fingerprint density at radius 1 is 1.26 bits per heavy atom. The van der Waals surface area contributed by atoms with Crippen LogP contribution in [0, 0.1) is 6.92 Å². The van der Waals surface area contributed by atoms with Gasteiger partial charge >= 0.3 is 0 Å². The van der Waals surface area contributed by atoms with Gasteiger partial charge in [0.2, 0.25) is 5.91 Å². The topological polar surface area (TPSA) is 84.4 Å². The Kier molecular flexibility index (Phi) is 6.97. The molecular formula is C21H21ClF2N4O3. The fourth-order valence-corrected chi connectivity index (χ4v) is 3.55. The van der Waals surface area contributed by atoms with E-state index >= 15 is 0 Å². The van der Waals surface area contributed by atoms with Crippen molar-refractivity contribution < 1.29 is 23.1 Å². The van der Waals surface area contributed by atoms with Gasteiger partial charge in [-0.1, -0.05) is 18.2 Å². The van der Waals surface area contributed by atoms with Gasteiger partial charge in [-0.3, -0.25) is 14.6 Å². The summed E-state index contributed by atoms with van der Waals surface area (Å²) in [6.45, 7) is 4.97. The molecule has 164 valence electrons. The van der Waals surface area contributed by atoms with Crippen LogP contribution in [0.1, 0.15) is 27.7 Å². The van der Waals surface area contributed by atoms with Gasteiger partial charge in [-0.05, 0) is 42.8 Å². The Hall–Kier alpha value is -2.91. The highest BCUT2D eigenvalue weighted by atomic mass is 35.5. The van der Waals surface area contributed by atoms with E-state index in [9.17, 15) is 18.4 Å². The Bertz CT molecular complexity index is 1020. The summed E-state index contributed by atoms with van der Waals surface area (Å²) < 4.78 is 32.4. The first-order chi connectivity index (χ1) is 14.7. The molecule has 0 spiro atoms. The zero-order chi connectivity index (χ0) is 22.7. The van der Waals surface area contributed by atoms with E-state index < -0.39 is 24.5 Å². The monoisotopic (exact) mass is 450 g/mol. The average Bonchev–Trinajstić information content (AvgIpc) is 2.76. The van der Waals surface area contributed by atoms with Crippen LogP contribution >= 0.6 is 11.6 Å². The minimum Gasteiger partial charge on any atom is -0.361 e. The third-order valence-electron chi connectivity index (χ3n) is 4.79. The van der Waals surface area contributed by atoms with Crippen molar-refractivity contribution in [2.75, 3.05) is 20.1 Å². The Balaban J connectivity index is 2.00. The molecule has 2 aromatic rings. The van der Waals surface area contributed by atoms with Crippen molar-refractivity contribution in [1.29, 1.82) is 0 Å². The molecule has 7 nitrogen and oxygen atoms in total. The third kappa shape index (κ3) is 5.23. The molecule has 1 N–H and O–H groups in total. The van der Waals surface area contributed by atoms with Crippen LogP contribution in [0.25, 0.3) is 11.4 Å². The van der Waals surface area contributed by atoms with Crippen LogP contribution in [0.5, 0.6) is 0 Å². The number of carbonyl (C=O) groups is 2. The number of rotatable bonds is 5. The van der Waals surface area contributed by atoms with E-state index in [0.717, 1.165) is 6.08 Å². The maximum absolute atomic E-state index is 13.4. The number of amides is 2. The second kappa shape index (κ2) is 9.49. The second-order valence-electron chi connectivity index (χ2n) is 7.01. The average molecular weight is 451 g/mol. The van der Waals surface area contributed by atoms with E-state index in [1.165, 1.54) is 18.0 Å². The maximum atomic E-state index is 13.4. The number of nitrogens with zero attached hydrogens (tertiary/aromatic N) is 3. The molecule has 3 rings (SSSR count). The van der Waals surface area contributed by atoms with E-state index in [4.69, 9.17) is 16.3 Å². The summed E-state index contributed by atoms with van der Waals surface area (Å²) in [6, 6.07) is 6.29. The molecule has 2 aromatic heterocycles. The van der Waals surface area contributed by atoms with E-state index in [2.05, 4.69) is 21.9 Å². The van der Waals surface area contributed by atoms with Crippen molar-refractivity contribution in [1.82, 2.24) is 20.2 Å². The number of pyridine rings is 2. The Labute approximate surface area is 183 Å². The molecule has 0 bridgehead atoms. The molecule has 0 aliphatic carbocycles. The highest BCUT2D eigenvalue weighted by molar-refractivity contribution is 6.29. The van der Waals surface area contributed by atoms with Gasteiger partial charge < -0.3 is 15.0 Å². The van der Waals surface area contributed by atoms with Crippen molar-refractivity contribution in [3.8, 4) is 11.4 Å². The zero-order valence-corrected chi connectivity index (χ0v) is 17.7. The van der Waals surface area contributed by atoms with Crippen LogP contribution < -0.4 is 5.32 Å². The van der Waals surface area contributed by atoms with Crippen molar-refractivity contribution in [2.24, 2.45) is 0 Å². The van der Waals surface area contributed by atoms with Gasteiger partial charge in [0.1, 0.15) is 17.4 Å². The number of morpholine rings is 1. The summed E-state index contributed by atoms with van der Waals surface area (Å²) in [4.78, 5) is 34.0. The Morgan fingerprint density at radius 2 is 1.97 bits per heavy atom. The molecule has 0 radical (unpaired) electrons. The van der Waals surface area contributed by atoms with Gasteiger partial charge in [-0.2, -0.15) is 0 Å². The highest BCUT2D eigenvalue weighted by Gasteiger charge is 2.36. The number of nitrogens with one attached hydrogen (secondary N) is 1. The lowest BCUT2D eigenvalue weighted by molar-refractivity contribution is -0.159. The summed E-state index contributed by atoms with van der Waals surface area (Å²) in [6.07, 6.45) is -3.99. The molecule has 31 heavy (non-hydrogen) atoms. The van der Waals surface area contributed by atoms with Gasteiger partial charge in [0.05, 0.1) is 24.5 Å². The number of hydrogen-bond donors (Lipinski definition) is 1. The predicted octanol–water partition coefficient (Wildman–Crippen LogP) is 3.18. The van der Waals surface area contributed by atoms with Crippen LogP contribution in [0.3, 0.4) is 0 Å². The summed E-state index contributed by atoms with van der Waals surface area (Å²) in [5.41, 5.74) is 2.19. The summed E-state index contributed by atoms with van der Waals surface area (Å²) in [5, 5.41) is 2.65. The third-order valence-corrected chi connectivity index (χ3v) is 4.98. The standard InChI is InChI=1S/C21H21ClF2N4O3/c1-4-19(29)28-9-16(31-17(10-28)20(23)24)12-6-15(27-18(22)8-12)14-7-13(21(30)25-3)5-11(2)26-14/h4-8,16-17,20H,1,9-10H2,2-3H3,(H,25,30)/t16-,17-/m1/s1. The molecule has 1 fully saturated rings. The van der Waals surface area contributed by atoms with E-state index in [1.807, 2.05) is 0 Å². The number of alkyl halides is 2. The molecule has 0 unspecified atom stereocenters. The number of halogens is 3. The molecule has 3 heterocycles. The van der Waals surface area contributed by atoms with Gasteiger partial charge in [0.25, 0.3) is 12.3 Å². The lowest BCUT2D eigenvalue weighted by Crippen LogP contribution is -2.48. The van der Waals surface area contributed by atoms with E-state index in [-0.39, 0.29) is 24.1 Å². The van der Waals surface area contributed by atoms with Crippen LogP contribution in [0.2, 0.25) is 5.15 Å². The molecule has 1 aliphatic rings. The van der Waals surface area contributed by atoms with Crippen LogP contribution in [0.4, 0.5) is 8.78 Å². The lowest BCUT2D eigenvalue weighted by atomic mass is 10.0. The lowest BCUT2D eigenvalue weighted by Gasteiger charge is -2.37. The van der Waals surface area contributed by atoms with Gasteiger partial charge in [-0.25, -0.2) is 13.8 Å². The predicted molar refractivity (Wildman–Crippen MR) is 111 cm³/mol. The highest BCUT2D eigenvalue weighted by Crippen LogP contribution is 2.31. The molecule has 1 aliphatic heterocycles. The number of aryl methyl sites for hydroxylation is 1. The molecule has 2 atom stereocenters. The second-order valence-corrected chi connectivity index (χ2v) is 7.40. The summed E-state index contributed by atoms with van der Waals surface area (Å²) in [7, 11) is 1.52. The van der Waals surface area contributed by atoms with E-state index in [1.54, 1.807) is 25.1 Å². The van der Waals surface area contributed by atoms with Gasteiger partial charge in [-0.15, -0.1) is 0 Å². The minimum absolute atomic E-state index is 0.0542. The Morgan fingerprint density at radius 3 is 2.61 bits per heavy atom. The zero-order valence-electron chi connectivity index (χ0n) is 16.9. The molecule has 10 heteroatoms. The first-order valence-electron chi connectivity index (χ1n) is 9.45. The van der Waals surface area contributed by atoms with Crippen molar-refractivity contribution in [3.05, 3.63) is 58.9 Å². The van der Waals surface area contributed by atoms with Gasteiger partial charge in [0.15, 0.2) is 0 Å². The van der Waals surface area contributed by atoms with Gasteiger partial charge in [0, 0.05) is 18.3 Å². The number of carbonyl (C=O) groups excluding carboxylic acids is 2. The number of aromatic nitrogens is 2. The van der Waals surface area contributed by atoms with Crippen molar-refractivity contribution in [3.63, 3.8) is 0 Å². The van der Waals surface area contributed by atoms with Crippen molar-refractivity contribution >= 4 is 23.4 Å². The number of ether oxygens (including phenoxy) is 1. The van der Waals surface area contributed by atoms with E-state index in [0.29, 0.717) is 28.2 Å².